The van der Waals surface area contributed by atoms with Crippen molar-refractivity contribution in [1.82, 2.24) is 0 Å². The van der Waals surface area contributed by atoms with E-state index in [0.717, 1.165) is 5.56 Å². The Morgan fingerprint density at radius 1 is 0.939 bits per heavy atom. The maximum absolute atomic E-state index is 12.9. The number of hydrogen-bond donors (Lipinski definition) is 0. The van der Waals surface area contributed by atoms with Crippen LogP contribution in [0.15, 0.2) is 82.2 Å². The Balaban J connectivity index is 1.52. The second-order valence-corrected chi connectivity index (χ2v) is 7.45. The predicted molar refractivity (Wildman–Crippen MR) is 127 cm³/mol. The van der Waals surface area contributed by atoms with Crippen LogP contribution < -0.4 is 19.6 Å². The van der Waals surface area contributed by atoms with Gasteiger partial charge < -0.3 is 18.6 Å². The Labute approximate surface area is 194 Å². The van der Waals surface area contributed by atoms with Gasteiger partial charge in [-0.25, -0.2) is 4.79 Å². The fourth-order valence-corrected chi connectivity index (χ4v) is 3.40. The van der Waals surface area contributed by atoms with Gasteiger partial charge in [0.15, 0.2) is 16.9 Å². The fraction of sp³-hybridized carbons (Fsp3) is 0.0769. The van der Waals surface area contributed by atoms with E-state index in [-0.39, 0.29) is 11.2 Å². The number of carbonyl (C=O) groups is 1. The largest absolute Gasteiger partial charge is 0.493 e. The minimum atomic E-state index is -0.579. The zero-order valence-corrected chi connectivity index (χ0v) is 18.6. The van der Waals surface area contributed by atoms with Gasteiger partial charge in [-0.05, 0) is 53.6 Å². The summed E-state index contributed by atoms with van der Waals surface area (Å²) in [6.45, 7) is 0. The summed E-state index contributed by atoms with van der Waals surface area (Å²) in [5.74, 6) is 0.820. The molecule has 1 aromatic heterocycles. The number of ether oxygens (including phenoxy) is 3. The number of rotatable bonds is 6. The molecule has 7 heteroatoms. The third-order valence-electron chi connectivity index (χ3n) is 4.94. The maximum atomic E-state index is 12.9. The van der Waals surface area contributed by atoms with Crippen molar-refractivity contribution in [2.24, 2.45) is 0 Å². The highest BCUT2D eigenvalue weighted by atomic mass is 35.5. The van der Waals surface area contributed by atoms with E-state index in [1.165, 1.54) is 25.5 Å². The summed E-state index contributed by atoms with van der Waals surface area (Å²) in [7, 11) is 3.09. The van der Waals surface area contributed by atoms with Crippen LogP contribution in [0.25, 0.3) is 28.2 Å². The fourth-order valence-electron chi connectivity index (χ4n) is 3.27. The molecule has 4 rings (SSSR count). The first-order valence-electron chi connectivity index (χ1n) is 9.92. The lowest BCUT2D eigenvalue weighted by Crippen LogP contribution is -2.06. The van der Waals surface area contributed by atoms with Crippen molar-refractivity contribution in [1.29, 1.82) is 0 Å². The van der Waals surface area contributed by atoms with Crippen molar-refractivity contribution in [2.45, 2.75) is 0 Å². The first-order chi connectivity index (χ1) is 16.0. The van der Waals surface area contributed by atoms with E-state index < -0.39 is 5.97 Å². The van der Waals surface area contributed by atoms with Crippen molar-refractivity contribution in [3.63, 3.8) is 0 Å². The van der Waals surface area contributed by atoms with Crippen molar-refractivity contribution in [3.8, 4) is 28.4 Å². The van der Waals surface area contributed by atoms with Crippen molar-refractivity contribution < 1.29 is 23.4 Å². The van der Waals surface area contributed by atoms with Crippen LogP contribution in [0.4, 0.5) is 0 Å². The van der Waals surface area contributed by atoms with E-state index >= 15 is 0 Å². The molecule has 33 heavy (non-hydrogen) atoms. The predicted octanol–water partition coefficient (Wildman–Crippen LogP) is 5.75. The Bertz CT molecular complexity index is 1400. The zero-order valence-electron chi connectivity index (χ0n) is 17.8. The van der Waals surface area contributed by atoms with Crippen LogP contribution in [-0.2, 0) is 4.79 Å². The van der Waals surface area contributed by atoms with Crippen LogP contribution in [0.2, 0.25) is 5.02 Å². The molecule has 0 bridgehead atoms. The first-order valence-corrected chi connectivity index (χ1v) is 10.3. The Hall–Kier alpha value is -4.03. The summed E-state index contributed by atoms with van der Waals surface area (Å²) in [6.07, 6.45) is 4.28. The molecule has 0 amide bonds. The number of methoxy groups -OCH3 is 2. The van der Waals surface area contributed by atoms with Crippen LogP contribution in [0.1, 0.15) is 5.56 Å². The third-order valence-corrected chi connectivity index (χ3v) is 5.19. The summed E-state index contributed by atoms with van der Waals surface area (Å²) >= 11 is 5.92. The number of benzene rings is 3. The molecular formula is C26H19ClO6. The van der Waals surface area contributed by atoms with Crippen LogP contribution in [-0.4, -0.2) is 20.2 Å². The number of hydrogen-bond acceptors (Lipinski definition) is 6. The molecule has 1 heterocycles. The van der Waals surface area contributed by atoms with E-state index in [0.29, 0.717) is 38.6 Å². The van der Waals surface area contributed by atoms with Gasteiger partial charge in [-0.3, -0.25) is 4.79 Å². The number of fused-ring (bicyclic) bond motifs is 1. The Morgan fingerprint density at radius 3 is 2.42 bits per heavy atom. The number of esters is 1. The van der Waals surface area contributed by atoms with E-state index in [9.17, 15) is 9.59 Å². The van der Waals surface area contributed by atoms with Gasteiger partial charge in [-0.1, -0.05) is 29.8 Å². The van der Waals surface area contributed by atoms with Gasteiger partial charge in [0.2, 0.25) is 0 Å². The summed E-state index contributed by atoms with van der Waals surface area (Å²) in [4.78, 5) is 25.1. The minimum Gasteiger partial charge on any atom is -0.493 e. The molecule has 0 atom stereocenters. The third kappa shape index (κ3) is 4.91. The summed E-state index contributed by atoms with van der Waals surface area (Å²) in [6, 6.07) is 16.8. The molecule has 166 valence electrons. The van der Waals surface area contributed by atoms with Gasteiger partial charge in [-0.2, -0.15) is 0 Å². The summed E-state index contributed by atoms with van der Waals surface area (Å²) in [5.41, 5.74) is 1.98. The molecule has 0 saturated heterocycles. The van der Waals surface area contributed by atoms with Crippen LogP contribution in [0, 0.1) is 0 Å². The molecule has 0 aliphatic heterocycles. The highest BCUT2D eigenvalue weighted by Crippen LogP contribution is 2.28. The van der Waals surface area contributed by atoms with Crippen LogP contribution >= 0.6 is 11.6 Å². The quantitative estimate of drug-likeness (QED) is 0.206. The molecule has 0 unspecified atom stereocenters. The van der Waals surface area contributed by atoms with E-state index in [1.54, 1.807) is 67.8 Å². The molecule has 0 radical (unpaired) electrons. The molecule has 0 aliphatic carbocycles. The van der Waals surface area contributed by atoms with Crippen LogP contribution in [0.3, 0.4) is 0 Å². The molecule has 3 aromatic carbocycles. The van der Waals surface area contributed by atoms with Gasteiger partial charge in [0.25, 0.3) is 0 Å². The molecule has 0 spiro atoms. The number of carbonyl (C=O) groups excluding carboxylic acids is 1. The molecule has 0 fully saturated rings. The van der Waals surface area contributed by atoms with Crippen molar-refractivity contribution >= 4 is 34.6 Å². The van der Waals surface area contributed by atoms with Gasteiger partial charge in [0.1, 0.15) is 17.6 Å². The normalized spacial score (nSPS) is 11.0. The topological polar surface area (TPSA) is 75.0 Å². The highest BCUT2D eigenvalue weighted by Gasteiger charge is 2.11. The molecular weight excluding hydrogens is 444 g/mol. The zero-order chi connectivity index (χ0) is 23.4. The average Bonchev–Trinajstić information content (AvgIpc) is 2.83. The highest BCUT2D eigenvalue weighted by molar-refractivity contribution is 6.30. The Kier molecular flexibility index (Phi) is 6.47. The lowest BCUT2D eigenvalue weighted by molar-refractivity contribution is -0.128. The monoisotopic (exact) mass is 462 g/mol. The second kappa shape index (κ2) is 9.63. The average molecular weight is 463 g/mol. The van der Waals surface area contributed by atoms with E-state index in [2.05, 4.69) is 0 Å². The van der Waals surface area contributed by atoms with Gasteiger partial charge in [0.05, 0.1) is 25.2 Å². The van der Waals surface area contributed by atoms with Crippen molar-refractivity contribution in [2.75, 3.05) is 14.2 Å². The lowest BCUT2D eigenvalue weighted by Gasteiger charge is -2.07. The van der Waals surface area contributed by atoms with Gasteiger partial charge >= 0.3 is 5.97 Å². The summed E-state index contributed by atoms with van der Waals surface area (Å²) < 4.78 is 21.4. The lowest BCUT2D eigenvalue weighted by atomic mass is 10.1. The van der Waals surface area contributed by atoms with Crippen LogP contribution in [0.5, 0.6) is 17.2 Å². The van der Waals surface area contributed by atoms with Gasteiger partial charge in [0, 0.05) is 17.2 Å². The molecule has 0 N–H and O–H groups in total. The molecule has 4 aromatic rings. The van der Waals surface area contributed by atoms with Crippen molar-refractivity contribution in [3.05, 3.63) is 93.8 Å². The van der Waals surface area contributed by atoms with E-state index in [4.69, 9.17) is 30.2 Å². The molecule has 0 saturated carbocycles. The molecule has 6 nitrogen and oxygen atoms in total. The number of halogens is 1. The maximum Gasteiger partial charge on any atom is 0.336 e. The SMILES string of the molecule is COc1ccc(/C=C/C(=O)Oc2ccc3c(=O)c(-c4ccc(Cl)cc4)coc3c2)cc1OC. The van der Waals surface area contributed by atoms with Gasteiger partial charge in [-0.15, -0.1) is 0 Å². The molecule has 0 aliphatic rings. The minimum absolute atomic E-state index is 0.190. The summed E-state index contributed by atoms with van der Waals surface area (Å²) in [5, 5.41) is 0.957. The first kappa shape index (κ1) is 22.2. The van der Waals surface area contributed by atoms with E-state index in [1.807, 2.05) is 0 Å². The smallest absolute Gasteiger partial charge is 0.336 e. The Morgan fingerprint density at radius 2 is 1.70 bits per heavy atom. The second-order valence-electron chi connectivity index (χ2n) is 7.01. The standard InChI is InChI=1S/C26H19ClO6/c1-30-22-11-3-16(13-24(22)31-2)4-12-25(28)33-19-9-10-20-23(14-19)32-15-21(26(20)29)17-5-7-18(27)8-6-17/h3-15H,1-2H3/b12-4+.